The number of aliphatic hydroxyl groups excluding tert-OH is 2. The first-order chi connectivity index (χ1) is 17.7. The van der Waals surface area contributed by atoms with Crippen LogP contribution in [0, 0.1) is 11.6 Å². The molecule has 1 aromatic heterocycles. The number of rotatable bonds is 8. The van der Waals surface area contributed by atoms with Crippen molar-refractivity contribution in [1.29, 1.82) is 0 Å². The van der Waals surface area contributed by atoms with Gasteiger partial charge in [0.05, 0.1) is 30.9 Å². The molecule has 4 rings (SSSR count). The SMILES string of the molecule is O=C(CO)N1CN(C(=O)CCO)c2ccc(Cn3cnc(OCc4ccc(F)cc4F)c(Cl)c3=O)cc21. The van der Waals surface area contributed by atoms with Gasteiger partial charge in [0, 0.05) is 11.6 Å². The molecule has 1 aliphatic rings. The van der Waals surface area contributed by atoms with Crippen LogP contribution in [-0.4, -0.2) is 51.5 Å². The fourth-order valence-electron chi connectivity index (χ4n) is 3.79. The minimum absolute atomic E-state index is 0.00253. The highest BCUT2D eigenvalue weighted by molar-refractivity contribution is 6.31. The lowest BCUT2D eigenvalue weighted by molar-refractivity contribution is -0.121. The number of fused-ring (bicyclic) bond motifs is 1. The van der Waals surface area contributed by atoms with Crippen LogP contribution in [0.15, 0.2) is 47.5 Å². The van der Waals surface area contributed by atoms with Gasteiger partial charge < -0.3 is 14.9 Å². The molecule has 3 aromatic rings. The van der Waals surface area contributed by atoms with Crippen molar-refractivity contribution in [2.24, 2.45) is 0 Å². The monoisotopic (exact) mass is 534 g/mol. The Morgan fingerprint density at radius 1 is 1.05 bits per heavy atom. The minimum atomic E-state index is -0.813. The van der Waals surface area contributed by atoms with Gasteiger partial charge in [0.15, 0.2) is 5.02 Å². The van der Waals surface area contributed by atoms with Gasteiger partial charge in [-0.25, -0.2) is 13.8 Å². The summed E-state index contributed by atoms with van der Waals surface area (Å²) >= 11 is 6.14. The number of carbonyl (C=O) groups excluding carboxylic acids is 2. The molecule has 2 heterocycles. The lowest BCUT2D eigenvalue weighted by Gasteiger charge is -2.18. The zero-order valence-electron chi connectivity index (χ0n) is 19.2. The van der Waals surface area contributed by atoms with Gasteiger partial charge in [0.25, 0.3) is 11.5 Å². The molecule has 0 spiro atoms. The third-order valence-electron chi connectivity index (χ3n) is 5.65. The molecule has 1 aliphatic heterocycles. The van der Waals surface area contributed by atoms with E-state index in [0.717, 1.165) is 6.07 Å². The maximum Gasteiger partial charge on any atom is 0.276 e. The van der Waals surface area contributed by atoms with E-state index >= 15 is 0 Å². The Kier molecular flexibility index (Phi) is 7.81. The Bertz CT molecular complexity index is 1420. The lowest BCUT2D eigenvalue weighted by Crippen LogP contribution is -2.39. The largest absolute Gasteiger partial charge is 0.471 e. The predicted octanol–water partition coefficient (Wildman–Crippen LogP) is 1.81. The molecule has 0 aliphatic carbocycles. The quantitative estimate of drug-likeness (QED) is 0.451. The van der Waals surface area contributed by atoms with Crippen LogP contribution < -0.4 is 20.1 Å². The van der Waals surface area contributed by atoms with Crippen molar-refractivity contribution >= 4 is 34.8 Å². The lowest BCUT2D eigenvalue weighted by atomic mass is 10.1. The van der Waals surface area contributed by atoms with E-state index in [0.29, 0.717) is 23.0 Å². The van der Waals surface area contributed by atoms with Crippen LogP contribution in [0.5, 0.6) is 5.88 Å². The van der Waals surface area contributed by atoms with Crippen molar-refractivity contribution in [3.05, 3.63) is 80.9 Å². The highest BCUT2D eigenvalue weighted by Crippen LogP contribution is 2.37. The van der Waals surface area contributed by atoms with Gasteiger partial charge in [0.2, 0.25) is 11.8 Å². The summed E-state index contributed by atoms with van der Waals surface area (Å²) in [5, 5.41) is 18.1. The molecule has 37 heavy (non-hydrogen) atoms. The van der Waals surface area contributed by atoms with E-state index in [1.54, 1.807) is 18.2 Å². The summed E-state index contributed by atoms with van der Waals surface area (Å²) in [5.41, 5.74) is 0.748. The van der Waals surface area contributed by atoms with Crippen molar-refractivity contribution < 1.29 is 33.3 Å². The topological polar surface area (TPSA) is 125 Å². The molecule has 0 saturated carbocycles. The Hall–Kier alpha value is -3.87. The number of benzene rings is 2. The number of aromatic nitrogens is 2. The summed E-state index contributed by atoms with van der Waals surface area (Å²) in [6, 6.07) is 7.82. The molecular formula is C24H21ClF2N4O6. The first kappa shape index (κ1) is 26.2. The zero-order valence-corrected chi connectivity index (χ0v) is 20.0. The van der Waals surface area contributed by atoms with E-state index in [4.69, 9.17) is 21.4 Å². The van der Waals surface area contributed by atoms with Crippen LogP contribution in [0.1, 0.15) is 17.5 Å². The molecule has 2 N–H and O–H groups in total. The molecule has 0 fully saturated rings. The Morgan fingerprint density at radius 2 is 1.81 bits per heavy atom. The number of amides is 2. The smallest absolute Gasteiger partial charge is 0.276 e. The van der Waals surface area contributed by atoms with Crippen LogP contribution in [0.4, 0.5) is 20.2 Å². The molecule has 194 valence electrons. The van der Waals surface area contributed by atoms with E-state index in [2.05, 4.69) is 4.98 Å². The summed E-state index contributed by atoms with van der Waals surface area (Å²) in [5.74, 6) is -2.80. The molecule has 2 aromatic carbocycles. The molecular weight excluding hydrogens is 514 g/mol. The van der Waals surface area contributed by atoms with E-state index in [9.17, 15) is 28.3 Å². The standard InChI is InChI=1S/C24H21ClF2N4O6/c25-22-23(37-11-15-2-3-16(26)8-17(15)27)28-12-29(24(22)36)9-14-1-4-18-19(7-14)31(21(35)10-33)13-30(18)20(34)5-6-32/h1-4,7-8,12,32-33H,5-6,9-11,13H2. The van der Waals surface area contributed by atoms with Crippen molar-refractivity contribution in [3.63, 3.8) is 0 Å². The van der Waals surface area contributed by atoms with E-state index in [-0.39, 0.29) is 49.3 Å². The summed E-state index contributed by atoms with van der Waals surface area (Å²) in [6.45, 7) is -1.57. The fourth-order valence-corrected chi connectivity index (χ4v) is 4.00. The normalized spacial score (nSPS) is 12.6. The molecule has 0 unspecified atom stereocenters. The Balaban J connectivity index is 1.56. The van der Waals surface area contributed by atoms with Gasteiger partial charge >= 0.3 is 0 Å². The molecule has 0 radical (unpaired) electrons. The molecule has 0 bridgehead atoms. The molecule has 13 heteroatoms. The van der Waals surface area contributed by atoms with Crippen LogP contribution in [0.2, 0.25) is 5.02 Å². The fraction of sp³-hybridized carbons (Fsp3) is 0.250. The summed E-state index contributed by atoms with van der Waals surface area (Å²) in [7, 11) is 0. The maximum atomic E-state index is 13.8. The first-order valence-electron chi connectivity index (χ1n) is 11.0. The van der Waals surface area contributed by atoms with E-state index in [1.807, 2.05) is 0 Å². The minimum Gasteiger partial charge on any atom is -0.471 e. The van der Waals surface area contributed by atoms with Crippen LogP contribution >= 0.6 is 11.6 Å². The number of aliphatic hydroxyl groups is 2. The molecule has 0 saturated heterocycles. The van der Waals surface area contributed by atoms with Gasteiger partial charge in [-0.2, -0.15) is 0 Å². The number of ether oxygens (including phenoxy) is 1. The maximum absolute atomic E-state index is 13.8. The van der Waals surface area contributed by atoms with Crippen LogP contribution in [-0.2, 0) is 22.7 Å². The summed E-state index contributed by atoms with van der Waals surface area (Å²) < 4.78 is 33.5. The molecule has 2 amide bonds. The second-order valence-electron chi connectivity index (χ2n) is 8.06. The van der Waals surface area contributed by atoms with Crippen LogP contribution in [0.25, 0.3) is 0 Å². The number of hydrogen-bond acceptors (Lipinski definition) is 7. The Labute approximate surface area is 213 Å². The second-order valence-corrected chi connectivity index (χ2v) is 8.44. The van der Waals surface area contributed by atoms with Gasteiger partial charge in [-0.3, -0.25) is 28.8 Å². The Morgan fingerprint density at radius 3 is 2.51 bits per heavy atom. The average molecular weight is 535 g/mol. The molecule has 0 atom stereocenters. The number of anilines is 2. The highest BCUT2D eigenvalue weighted by Gasteiger charge is 2.33. The summed E-state index contributed by atoms with van der Waals surface area (Å²) in [4.78, 5) is 44.0. The van der Waals surface area contributed by atoms with Gasteiger partial charge in [-0.1, -0.05) is 17.7 Å². The predicted molar refractivity (Wildman–Crippen MR) is 128 cm³/mol. The third kappa shape index (κ3) is 5.45. The van der Waals surface area contributed by atoms with Gasteiger partial charge in [0.1, 0.15) is 37.8 Å². The molecule has 10 nitrogen and oxygen atoms in total. The van der Waals surface area contributed by atoms with E-state index in [1.165, 1.54) is 26.8 Å². The van der Waals surface area contributed by atoms with Crippen LogP contribution in [0.3, 0.4) is 0 Å². The summed E-state index contributed by atoms with van der Waals surface area (Å²) in [6.07, 6.45) is 1.05. The van der Waals surface area contributed by atoms with E-state index < -0.39 is 35.6 Å². The van der Waals surface area contributed by atoms with Crippen molar-refractivity contribution in [1.82, 2.24) is 9.55 Å². The first-order valence-corrected chi connectivity index (χ1v) is 11.4. The van der Waals surface area contributed by atoms with Crippen molar-refractivity contribution in [2.75, 3.05) is 29.7 Å². The van der Waals surface area contributed by atoms with Gasteiger partial charge in [-0.15, -0.1) is 0 Å². The van der Waals surface area contributed by atoms with Crippen molar-refractivity contribution in [3.8, 4) is 5.88 Å². The van der Waals surface area contributed by atoms with Crippen molar-refractivity contribution in [2.45, 2.75) is 19.6 Å². The third-order valence-corrected chi connectivity index (χ3v) is 5.97. The number of nitrogens with zero attached hydrogens (tertiary/aromatic N) is 4. The number of carbonyl (C=O) groups is 2. The van der Waals surface area contributed by atoms with Gasteiger partial charge in [-0.05, 0) is 29.8 Å². The second kappa shape index (κ2) is 11.0. The average Bonchev–Trinajstić information content (AvgIpc) is 3.26. The number of halogens is 3. The zero-order chi connectivity index (χ0) is 26.7. The highest BCUT2D eigenvalue weighted by atomic mass is 35.5. The number of hydrogen-bond donors (Lipinski definition) is 2.